The monoisotopic (exact) mass is 363 g/mol. The first kappa shape index (κ1) is 19.1. The summed E-state index contributed by atoms with van der Waals surface area (Å²) in [6, 6.07) is 3.41. The Balaban J connectivity index is 2.47. The predicted octanol–water partition coefficient (Wildman–Crippen LogP) is 0.719. The first-order valence-corrected chi connectivity index (χ1v) is 7.81. The van der Waals surface area contributed by atoms with Crippen LogP contribution >= 0.6 is 0 Å². The normalized spacial score (nSPS) is 11.8. The van der Waals surface area contributed by atoms with Crippen molar-refractivity contribution in [2.24, 2.45) is 0 Å². The summed E-state index contributed by atoms with van der Waals surface area (Å²) in [6.45, 7) is 2.60. The fourth-order valence-corrected chi connectivity index (χ4v) is 2.52. The standard InChI is InChI=1S/C17H18FN3O5/c1-9(17(25)26)21(6-5-19-10(2)22)16(24)13-8-15(23)20-14-7-11(18)3-4-12(13)14/h3-4,7-9H,5-6H2,1-2H3,(H,19,22)(H,20,23)(H,25,26). The molecule has 2 rings (SSSR count). The van der Waals surface area contributed by atoms with Gasteiger partial charge in [0.25, 0.3) is 5.91 Å². The molecule has 1 aromatic heterocycles. The molecule has 0 radical (unpaired) electrons. The average Bonchev–Trinajstić information content (AvgIpc) is 2.56. The van der Waals surface area contributed by atoms with Crippen molar-refractivity contribution in [3.63, 3.8) is 0 Å². The Morgan fingerprint density at radius 3 is 2.62 bits per heavy atom. The molecule has 0 bridgehead atoms. The van der Waals surface area contributed by atoms with E-state index in [9.17, 15) is 28.7 Å². The Bertz CT molecular complexity index is 924. The van der Waals surface area contributed by atoms with Crippen molar-refractivity contribution in [1.29, 1.82) is 0 Å². The number of fused-ring (bicyclic) bond motifs is 1. The van der Waals surface area contributed by atoms with E-state index >= 15 is 0 Å². The zero-order valence-corrected chi connectivity index (χ0v) is 14.2. The third-order valence-electron chi connectivity index (χ3n) is 3.85. The molecule has 8 nitrogen and oxygen atoms in total. The molecule has 3 N–H and O–H groups in total. The summed E-state index contributed by atoms with van der Waals surface area (Å²) in [5.74, 6) is -2.84. The summed E-state index contributed by atoms with van der Waals surface area (Å²) in [7, 11) is 0. The number of amides is 2. The van der Waals surface area contributed by atoms with E-state index in [0.29, 0.717) is 0 Å². The van der Waals surface area contributed by atoms with Crippen LogP contribution in [0.15, 0.2) is 29.1 Å². The largest absolute Gasteiger partial charge is 0.480 e. The van der Waals surface area contributed by atoms with Crippen molar-refractivity contribution in [1.82, 2.24) is 15.2 Å². The maximum Gasteiger partial charge on any atom is 0.326 e. The molecular weight excluding hydrogens is 345 g/mol. The van der Waals surface area contributed by atoms with E-state index in [2.05, 4.69) is 10.3 Å². The fourth-order valence-electron chi connectivity index (χ4n) is 2.52. The quantitative estimate of drug-likeness (QED) is 0.699. The molecule has 138 valence electrons. The second kappa shape index (κ2) is 7.77. The number of nitrogens with zero attached hydrogens (tertiary/aromatic N) is 1. The summed E-state index contributed by atoms with van der Waals surface area (Å²) >= 11 is 0. The van der Waals surface area contributed by atoms with Gasteiger partial charge in [0, 0.05) is 31.5 Å². The number of aromatic amines is 1. The molecule has 0 aliphatic heterocycles. The van der Waals surface area contributed by atoms with Crippen LogP contribution in [0.2, 0.25) is 0 Å². The van der Waals surface area contributed by atoms with Crippen LogP contribution in [0, 0.1) is 5.82 Å². The molecule has 9 heteroatoms. The number of rotatable bonds is 6. The lowest BCUT2D eigenvalue weighted by atomic mass is 10.1. The maximum absolute atomic E-state index is 13.4. The van der Waals surface area contributed by atoms with Gasteiger partial charge in [-0.25, -0.2) is 9.18 Å². The van der Waals surface area contributed by atoms with E-state index in [1.807, 2.05) is 0 Å². The molecule has 1 atom stereocenters. The van der Waals surface area contributed by atoms with Crippen molar-refractivity contribution in [2.45, 2.75) is 19.9 Å². The van der Waals surface area contributed by atoms with Crippen molar-refractivity contribution in [3.8, 4) is 0 Å². The Morgan fingerprint density at radius 2 is 2.00 bits per heavy atom. The lowest BCUT2D eigenvalue weighted by Gasteiger charge is -2.27. The van der Waals surface area contributed by atoms with Crippen LogP contribution in [-0.2, 0) is 9.59 Å². The zero-order valence-electron chi connectivity index (χ0n) is 14.2. The number of benzene rings is 1. The molecule has 2 aromatic rings. The summed E-state index contributed by atoms with van der Waals surface area (Å²) in [4.78, 5) is 50.6. The summed E-state index contributed by atoms with van der Waals surface area (Å²) < 4.78 is 13.4. The van der Waals surface area contributed by atoms with Crippen LogP contribution in [-0.4, -0.2) is 51.9 Å². The number of aromatic nitrogens is 1. The van der Waals surface area contributed by atoms with Crippen molar-refractivity contribution >= 4 is 28.7 Å². The van der Waals surface area contributed by atoms with Gasteiger partial charge in [0.15, 0.2) is 0 Å². The number of hydrogen-bond acceptors (Lipinski definition) is 4. The highest BCUT2D eigenvalue weighted by atomic mass is 19.1. The molecule has 1 aromatic carbocycles. The number of carbonyl (C=O) groups is 3. The van der Waals surface area contributed by atoms with Crippen LogP contribution in [0.5, 0.6) is 0 Å². The van der Waals surface area contributed by atoms with Gasteiger partial charge in [0.2, 0.25) is 11.5 Å². The van der Waals surface area contributed by atoms with Gasteiger partial charge in [-0.3, -0.25) is 14.4 Å². The number of carboxylic acid groups (broad SMARTS) is 1. The number of halogens is 1. The van der Waals surface area contributed by atoms with E-state index < -0.39 is 29.3 Å². The summed E-state index contributed by atoms with van der Waals surface area (Å²) in [6.07, 6.45) is 0. The fraction of sp³-hybridized carbons (Fsp3) is 0.294. The Labute approximate surface area is 147 Å². The molecule has 26 heavy (non-hydrogen) atoms. The topological polar surface area (TPSA) is 120 Å². The lowest BCUT2D eigenvalue weighted by molar-refractivity contribution is -0.141. The highest BCUT2D eigenvalue weighted by Gasteiger charge is 2.27. The third-order valence-corrected chi connectivity index (χ3v) is 3.85. The van der Waals surface area contributed by atoms with Gasteiger partial charge >= 0.3 is 5.97 Å². The molecule has 0 saturated heterocycles. The van der Waals surface area contributed by atoms with Crippen LogP contribution in [0.25, 0.3) is 10.9 Å². The molecule has 0 aliphatic carbocycles. The number of hydrogen-bond donors (Lipinski definition) is 3. The Kier molecular flexibility index (Phi) is 5.71. The summed E-state index contributed by atoms with van der Waals surface area (Å²) in [5, 5.41) is 12.0. The van der Waals surface area contributed by atoms with E-state index in [0.717, 1.165) is 23.1 Å². The lowest BCUT2D eigenvalue weighted by Crippen LogP contribution is -2.47. The van der Waals surface area contributed by atoms with Crippen LogP contribution in [0.1, 0.15) is 24.2 Å². The highest BCUT2D eigenvalue weighted by molar-refractivity contribution is 6.06. The molecule has 0 saturated carbocycles. The Morgan fingerprint density at radius 1 is 1.31 bits per heavy atom. The van der Waals surface area contributed by atoms with Gasteiger partial charge in [-0.15, -0.1) is 0 Å². The molecule has 2 amide bonds. The smallest absolute Gasteiger partial charge is 0.326 e. The van der Waals surface area contributed by atoms with Crippen LogP contribution in [0.4, 0.5) is 4.39 Å². The van der Waals surface area contributed by atoms with Gasteiger partial charge < -0.3 is 20.3 Å². The second-order valence-electron chi connectivity index (χ2n) is 5.73. The van der Waals surface area contributed by atoms with E-state index in [1.165, 1.54) is 19.9 Å². The molecule has 1 heterocycles. The summed E-state index contributed by atoms with van der Waals surface area (Å²) in [5.41, 5.74) is -0.526. The zero-order chi connectivity index (χ0) is 19.4. The minimum Gasteiger partial charge on any atom is -0.480 e. The van der Waals surface area contributed by atoms with Crippen molar-refractivity contribution < 1.29 is 23.9 Å². The van der Waals surface area contributed by atoms with Crippen LogP contribution in [0.3, 0.4) is 0 Å². The van der Waals surface area contributed by atoms with Crippen molar-refractivity contribution in [3.05, 3.63) is 46.0 Å². The van der Waals surface area contributed by atoms with E-state index in [4.69, 9.17) is 0 Å². The number of H-pyrrole nitrogens is 1. The number of aliphatic carboxylic acids is 1. The van der Waals surface area contributed by atoms with Gasteiger partial charge in [-0.1, -0.05) is 0 Å². The first-order valence-electron chi connectivity index (χ1n) is 7.81. The van der Waals surface area contributed by atoms with E-state index in [1.54, 1.807) is 0 Å². The van der Waals surface area contributed by atoms with Gasteiger partial charge in [-0.05, 0) is 25.1 Å². The minimum atomic E-state index is -1.23. The average molecular weight is 363 g/mol. The number of pyridine rings is 1. The van der Waals surface area contributed by atoms with Gasteiger partial charge in [-0.2, -0.15) is 0 Å². The molecule has 0 spiro atoms. The minimum absolute atomic E-state index is 0.0420. The first-order chi connectivity index (χ1) is 12.2. The number of carboxylic acids is 1. The number of carbonyl (C=O) groups excluding carboxylic acids is 2. The SMILES string of the molecule is CC(=O)NCCN(C(=O)c1cc(=O)[nH]c2cc(F)ccc12)C(C)C(=O)O. The predicted molar refractivity (Wildman–Crippen MR) is 91.3 cm³/mol. The van der Waals surface area contributed by atoms with Gasteiger partial charge in [0.1, 0.15) is 11.9 Å². The third kappa shape index (κ3) is 4.24. The second-order valence-corrected chi connectivity index (χ2v) is 5.73. The van der Waals surface area contributed by atoms with Crippen LogP contribution < -0.4 is 10.9 Å². The Hall–Kier alpha value is -3.23. The van der Waals surface area contributed by atoms with E-state index in [-0.39, 0.29) is 35.5 Å². The number of nitrogens with one attached hydrogen (secondary N) is 2. The van der Waals surface area contributed by atoms with Crippen molar-refractivity contribution in [2.75, 3.05) is 13.1 Å². The molecular formula is C17H18FN3O5. The highest BCUT2D eigenvalue weighted by Crippen LogP contribution is 2.19. The molecule has 1 unspecified atom stereocenters. The molecule has 0 aliphatic rings. The van der Waals surface area contributed by atoms with Gasteiger partial charge in [0.05, 0.1) is 11.1 Å². The molecule has 0 fully saturated rings. The maximum atomic E-state index is 13.4.